The molecule has 0 aliphatic rings. The molecule has 0 spiro atoms. The van der Waals surface area contributed by atoms with Crippen LogP contribution < -0.4 is 0 Å². The zero-order valence-electron chi connectivity index (χ0n) is 9.49. The summed E-state index contributed by atoms with van der Waals surface area (Å²) in [6.45, 7) is 0. The second kappa shape index (κ2) is 4.43. The number of fused-ring (bicyclic) bond motifs is 1. The van der Waals surface area contributed by atoms with Crippen LogP contribution in [0.4, 0.5) is 0 Å². The highest BCUT2D eigenvalue weighted by molar-refractivity contribution is 9.10. The van der Waals surface area contributed by atoms with Crippen molar-refractivity contribution in [1.82, 2.24) is 19.6 Å². The monoisotopic (exact) mass is 318 g/mol. The zero-order valence-corrected chi connectivity index (χ0v) is 11.1. The fraction of sp³-hybridized carbons (Fsp3) is 0. The molecule has 0 fully saturated rings. The predicted molar refractivity (Wildman–Crippen MR) is 70.9 cm³/mol. The second-order valence-corrected chi connectivity index (χ2v) is 4.62. The summed E-state index contributed by atoms with van der Waals surface area (Å²) in [4.78, 5) is 18.8. The summed E-state index contributed by atoms with van der Waals surface area (Å²) < 4.78 is 2.30. The van der Waals surface area contributed by atoms with Gasteiger partial charge in [-0.3, -0.25) is 0 Å². The number of halogens is 1. The highest BCUT2D eigenvalue weighted by Gasteiger charge is 2.15. The molecule has 0 saturated heterocycles. The van der Waals surface area contributed by atoms with Gasteiger partial charge in [0.05, 0.1) is 5.69 Å². The molecule has 0 atom stereocenters. The van der Waals surface area contributed by atoms with Gasteiger partial charge in [-0.2, -0.15) is 9.50 Å². The largest absolute Gasteiger partial charge is 0.475 e. The molecule has 1 N–H and O–H groups in total. The molecule has 2 heterocycles. The van der Waals surface area contributed by atoms with Crippen LogP contribution in [0.5, 0.6) is 0 Å². The van der Waals surface area contributed by atoms with Crippen molar-refractivity contribution in [3.63, 3.8) is 0 Å². The molecule has 0 amide bonds. The lowest BCUT2D eigenvalue weighted by Gasteiger charge is -2.05. The molecule has 1 aromatic carbocycles. The van der Waals surface area contributed by atoms with Crippen molar-refractivity contribution in [2.24, 2.45) is 0 Å². The molecule has 3 rings (SSSR count). The maximum Gasteiger partial charge on any atom is 0.375 e. The molecule has 0 bridgehead atoms. The number of carboxylic acids is 1. The summed E-state index contributed by atoms with van der Waals surface area (Å²) in [6, 6.07) is 9.35. The molecule has 0 aliphatic carbocycles. The Kier molecular flexibility index (Phi) is 2.75. The first-order valence-corrected chi connectivity index (χ1v) is 6.16. The molecular weight excluding hydrogens is 312 g/mol. The van der Waals surface area contributed by atoms with Crippen LogP contribution in [0.1, 0.15) is 10.6 Å². The van der Waals surface area contributed by atoms with Crippen molar-refractivity contribution >= 4 is 27.7 Å². The van der Waals surface area contributed by atoms with Crippen LogP contribution in [0.3, 0.4) is 0 Å². The lowest BCUT2D eigenvalue weighted by atomic mass is 10.1. The standard InChI is InChI=1S/C12H7BrN4O2/c13-8-4-2-1-3-7(8)9-5-6-14-12-15-10(11(18)19)16-17(9)12/h1-6H,(H,18,19). The highest BCUT2D eigenvalue weighted by atomic mass is 79.9. The Hall–Kier alpha value is -2.28. The first kappa shape index (κ1) is 11.8. The summed E-state index contributed by atoms with van der Waals surface area (Å²) in [5, 5.41) is 12.9. The third-order valence-corrected chi connectivity index (χ3v) is 3.27. The van der Waals surface area contributed by atoms with Crippen molar-refractivity contribution in [1.29, 1.82) is 0 Å². The Morgan fingerprint density at radius 1 is 1.26 bits per heavy atom. The summed E-state index contributed by atoms with van der Waals surface area (Å²) in [6.07, 6.45) is 1.57. The lowest BCUT2D eigenvalue weighted by molar-refractivity contribution is 0.0684. The van der Waals surface area contributed by atoms with E-state index in [0.717, 1.165) is 15.7 Å². The van der Waals surface area contributed by atoms with E-state index in [-0.39, 0.29) is 11.6 Å². The number of hydrogen-bond donors (Lipinski definition) is 1. The van der Waals surface area contributed by atoms with Crippen LogP contribution in [-0.4, -0.2) is 30.7 Å². The second-order valence-electron chi connectivity index (χ2n) is 3.76. The Morgan fingerprint density at radius 2 is 2.05 bits per heavy atom. The number of carboxylic acid groups (broad SMARTS) is 1. The fourth-order valence-corrected chi connectivity index (χ4v) is 2.25. The van der Waals surface area contributed by atoms with E-state index in [4.69, 9.17) is 5.11 Å². The van der Waals surface area contributed by atoms with Crippen LogP contribution in [0.25, 0.3) is 17.0 Å². The molecule has 7 heteroatoms. The average Bonchev–Trinajstić information content (AvgIpc) is 2.83. The van der Waals surface area contributed by atoms with Gasteiger partial charge >= 0.3 is 5.97 Å². The van der Waals surface area contributed by atoms with Gasteiger partial charge in [-0.25, -0.2) is 9.78 Å². The summed E-state index contributed by atoms with van der Waals surface area (Å²) in [5.74, 6) is -1.19. The van der Waals surface area contributed by atoms with E-state index in [2.05, 4.69) is 31.0 Å². The van der Waals surface area contributed by atoms with Gasteiger partial charge in [0.2, 0.25) is 0 Å². The van der Waals surface area contributed by atoms with E-state index in [1.165, 1.54) is 4.52 Å². The van der Waals surface area contributed by atoms with Gasteiger partial charge in [0.1, 0.15) is 0 Å². The number of rotatable bonds is 2. The number of aromatic carboxylic acids is 1. The van der Waals surface area contributed by atoms with E-state index >= 15 is 0 Å². The SMILES string of the molecule is O=C(O)c1nc2nccc(-c3ccccc3Br)n2n1. The number of benzene rings is 1. The van der Waals surface area contributed by atoms with Crippen LogP contribution in [0.2, 0.25) is 0 Å². The van der Waals surface area contributed by atoms with Crippen LogP contribution in [0, 0.1) is 0 Å². The smallest absolute Gasteiger partial charge is 0.375 e. The molecule has 0 saturated carbocycles. The van der Waals surface area contributed by atoms with Gasteiger partial charge in [-0.1, -0.05) is 34.1 Å². The van der Waals surface area contributed by atoms with E-state index in [1.807, 2.05) is 24.3 Å². The molecule has 2 aromatic heterocycles. The maximum atomic E-state index is 10.9. The maximum absolute atomic E-state index is 10.9. The first-order valence-electron chi connectivity index (χ1n) is 5.37. The number of aromatic nitrogens is 4. The Bertz CT molecular complexity index is 784. The number of hydrogen-bond acceptors (Lipinski definition) is 4. The quantitative estimate of drug-likeness (QED) is 0.783. The summed E-state index contributed by atoms with van der Waals surface area (Å²) in [5.41, 5.74) is 1.61. The highest BCUT2D eigenvalue weighted by Crippen LogP contribution is 2.27. The van der Waals surface area contributed by atoms with Gasteiger partial charge in [-0.15, -0.1) is 5.10 Å². The van der Waals surface area contributed by atoms with Gasteiger partial charge in [0.25, 0.3) is 11.6 Å². The minimum Gasteiger partial charge on any atom is -0.475 e. The minimum absolute atomic E-state index is 0.255. The third-order valence-electron chi connectivity index (χ3n) is 2.58. The van der Waals surface area contributed by atoms with Crippen molar-refractivity contribution in [2.45, 2.75) is 0 Å². The summed E-state index contributed by atoms with van der Waals surface area (Å²) >= 11 is 3.46. The molecule has 94 valence electrons. The summed E-state index contributed by atoms with van der Waals surface area (Å²) in [7, 11) is 0. The molecule has 0 aliphatic heterocycles. The van der Waals surface area contributed by atoms with E-state index < -0.39 is 5.97 Å². The number of nitrogens with zero attached hydrogens (tertiary/aromatic N) is 4. The van der Waals surface area contributed by atoms with Crippen LogP contribution in [-0.2, 0) is 0 Å². The van der Waals surface area contributed by atoms with E-state index in [9.17, 15) is 4.79 Å². The van der Waals surface area contributed by atoms with Crippen LogP contribution >= 0.6 is 15.9 Å². The molecule has 3 aromatic rings. The Balaban J connectivity index is 2.30. The van der Waals surface area contributed by atoms with Crippen molar-refractivity contribution in [3.8, 4) is 11.3 Å². The first-order chi connectivity index (χ1) is 9.16. The third kappa shape index (κ3) is 1.97. The molecular formula is C12H7BrN4O2. The lowest BCUT2D eigenvalue weighted by Crippen LogP contribution is -2.00. The van der Waals surface area contributed by atoms with E-state index in [0.29, 0.717) is 0 Å². The van der Waals surface area contributed by atoms with Crippen molar-refractivity contribution < 1.29 is 9.90 Å². The van der Waals surface area contributed by atoms with Gasteiger partial charge in [0, 0.05) is 16.2 Å². The molecule has 19 heavy (non-hydrogen) atoms. The van der Waals surface area contributed by atoms with Gasteiger partial charge in [-0.05, 0) is 12.1 Å². The zero-order chi connectivity index (χ0) is 13.4. The van der Waals surface area contributed by atoms with Gasteiger partial charge < -0.3 is 5.11 Å². The number of carbonyl (C=O) groups is 1. The van der Waals surface area contributed by atoms with E-state index in [1.54, 1.807) is 12.3 Å². The molecule has 6 nitrogen and oxygen atoms in total. The molecule has 0 radical (unpaired) electrons. The minimum atomic E-state index is -1.18. The van der Waals surface area contributed by atoms with Gasteiger partial charge in [0.15, 0.2) is 0 Å². The Morgan fingerprint density at radius 3 is 2.79 bits per heavy atom. The van der Waals surface area contributed by atoms with Crippen molar-refractivity contribution in [2.75, 3.05) is 0 Å². The predicted octanol–water partition coefficient (Wildman–Crippen LogP) is 2.25. The fourth-order valence-electron chi connectivity index (χ4n) is 1.76. The van der Waals surface area contributed by atoms with Crippen molar-refractivity contribution in [3.05, 3.63) is 46.8 Å². The molecule has 0 unspecified atom stereocenters. The Labute approximate surface area is 115 Å². The average molecular weight is 319 g/mol. The topological polar surface area (TPSA) is 80.4 Å². The van der Waals surface area contributed by atoms with Crippen LogP contribution in [0.15, 0.2) is 41.0 Å². The normalized spacial score (nSPS) is 10.8.